The molecule has 0 radical (unpaired) electrons. The monoisotopic (exact) mass is 398 g/mol. The van der Waals surface area contributed by atoms with Gasteiger partial charge in [0, 0.05) is 10.4 Å². The predicted molar refractivity (Wildman–Crippen MR) is 109 cm³/mol. The first-order valence-corrected chi connectivity index (χ1v) is 10.9. The molecule has 1 aliphatic rings. The molecule has 1 aliphatic heterocycles. The molecule has 5 rings (SSSR count). The van der Waals surface area contributed by atoms with E-state index in [0.29, 0.717) is 5.75 Å². The number of thiazole rings is 1. The molecule has 8 heteroatoms. The van der Waals surface area contributed by atoms with Gasteiger partial charge in [0.1, 0.15) is 5.82 Å². The van der Waals surface area contributed by atoms with Crippen LogP contribution in [0.25, 0.3) is 15.3 Å². The molecule has 1 N–H and O–H groups in total. The fraction of sp³-hybridized carbons (Fsp3) is 0.167. The summed E-state index contributed by atoms with van der Waals surface area (Å²) in [4.78, 5) is 18.3. The third-order valence-electron chi connectivity index (χ3n) is 4.27. The van der Waals surface area contributed by atoms with E-state index >= 15 is 0 Å². The van der Waals surface area contributed by atoms with E-state index in [0.717, 1.165) is 32.4 Å². The van der Waals surface area contributed by atoms with E-state index in [1.165, 1.54) is 4.88 Å². The predicted octanol–water partition coefficient (Wildman–Crippen LogP) is 4.63. The van der Waals surface area contributed by atoms with E-state index in [1.54, 1.807) is 39.1 Å². The van der Waals surface area contributed by atoms with Crippen LogP contribution >= 0.6 is 34.4 Å². The second-order valence-electron chi connectivity index (χ2n) is 5.98. The van der Waals surface area contributed by atoms with E-state index in [-0.39, 0.29) is 11.2 Å². The van der Waals surface area contributed by atoms with Crippen LogP contribution in [0.3, 0.4) is 0 Å². The van der Waals surface area contributed by atoms with E-state index in [9.17, 15) is 4.79 Å². The average molecular weight is 399 g/mol. The first kappa shape index (κ1) is 16.0. The number of fused-ring (bicyclic) bond motifs is 2. The van der Waals surface area contributed by atoms with Crippen molar-refractivity contribution in [1.29, 1.82) is 0 Å². The molecule has 0 saturated carbocycles. The van der Waals surface area contributed by atoms with Crippen LogP contribution < -0.4 is 5.32 Å². The second kappa shape index (κ2) is 6.22. The van der Waals surface area contributed by atoms with Crippen LogP contribution in [0, 0.1) is 6.92 Å². The molecular weight excluding hydrogens is 384 g/mol. The largest absolute Gasteiger partial charge is 0.310 e. The van der Waals surface area contributed by atoms with Gasteiger partial charge >= 0.3 is 0 Å². The molecule has 130 valence electrons. The minimum Gasteiger partial charge on any atom is -0.310 e. The van der Waals surface area contributed by atoms with Crippen molar-refractivity contribution in [3.8, 4) is 5.13 Å². The first-order valence-electron chi connectivity index (χ1n) is 8.11. The molecule has 1 unspecified atom stereocenters. The van der Waals surface area contributed by atoms with Gasteiger partial charge in [0.15, 0.2) is 0 Å². The normalized spacial score (nSPS) is 17.1. The number of thioether (sulfide) groups is 1. The van der Waals surface area contributed by atoms with Gasteiger partial charge < -0.3 is 5.32 Å². The molecule has 1 aromatic carbocycles. The molecule has 0 spiro atoms. The Kier molecular flexibility index (Phi) is 3.84. The van der Waals surface area contributed by atoms with E-state index in [1.807, 2.05) is 31.2 Å². The molecule has 4 aromatic rings. The number of hydrogen-bond donors (Lipinski definition) is 1. The summed E-state index contributed by atoms with van der Waals surface area (Å²) in [5, 5.41) is 10.7. The number of benzene rings is 1. The van der Waals surface area contributed by atoms with Crippen molar-refractivity contribution in [1.82, 2.24) is 14.8 Å². The Morgan fingerprint density at radius 2 is 2.12 bits per heavy atom. The van der Waals surface area contributed by atoms with E-state index in [2.05, 4.69) is 22.8 Å². The zero-order valence-corrected chi connectivity index (χ0v) is 16.3. The van der Waals surface area contributed by atoms with Crippen LogP contribution in [0.4, 0.5) is 5.82 Å². The van der Waals surface area contributed by atoms with Crippen molar-refractivity contribution in [3.05, 3.63) is 57.9 Å². The molecule has 26 heavy (non-hydrogen) atoms. The quantitative estimate of drug-likeness (QED) is 0.535. The summed E-state index contributed by atoms with van der Waals surface area (Å²) < 4.78 is 2.90. The van der Waals surface area contributed by atoms with Crippen molar-refractivity contribution >= 4 is 56.4 Å². The lowest BCUT2D eigenvalue weighted by molar-refractivity contribution is -0.113. The van der Waals surface area contributed by atoms with E-state index in [4.69, 9.17) is 10.1 Å². The van der Waals surface area contributed by atoms with Gasteiger partial charge in [0.05, 0.1) is 26.9 Å². The summed E-state index contributed by atoms with van der Waals surface area (Å²) in [5.41, 5.74) is 2.94. The Balaban J connectivity index is 1.71. The zero-order chi connectivity index (χ0) is 17.7. The van der Waals surface area contributed by atoms with Gasteiger partial charge in [0.25, 0.3) is 0 Å². The maximum absolute atomic E-state index is 12.3. The highest BCUT2D eigenvalue weighted by atomic mass is 32.2. The van der Waals surface area contributed by atoms with Gasteiger partial charge in [-0.15, -0.1) is 23.1 Å². The minimum atomic E-state index is -0.00225. The summed E-state index contributed by atoms with van der Waals surface area (Å²) in [6, 6.07) is 12.2. The van der Waals surface area contributed by atoms with Crippen molar-refractivity contribution in [2.45, 2.75) is 12.2 Å². The first-order chi connectivity index (χ1) is 12.7. The summed E-state index contributed by atoms with van der Waals surface area (Å²) >= 11 is 4.94. The Morgan fingerprint density at radius 1 is 1.23 bits per heavy atom. The van der Waals surface area contributed by atoms with E-state index < -0.39 is 0 Å². The highest BCUT2D eigenvalue weighted by Gasteiger charge is 2.31. The molecule has 0 fully saturated rings. The zero-order valence-electron chi connectivity index (χ0n) is 13.8. The van der Waals surface area contributed by atoms with Crippen LogP contribution in [-0.2, 0) is 4.79 Å². The van der Waals surface area contributed by atoms with Crippen molar-refractivity contribution < 1.29 is 4.79 Å². The van der Waals surface area contributed by atoms with Gasteiger partial charge in [-0.05, 0) is 30.5 Å². The molecule has 4 heterocycles. The maximum atomic E-state index is 12.3. The Morgan fingerprint density at radius 3 is 2.92 bits per heavy atom. The Hall–Kier alpha value is -2.16. The lowest BCUT2D eigenvalue weighted by atomic mass is 10.1. The number of nitrogens with zero attached hydrogens (tertiary/aromatic N) is 3. The number of thiophene rings is 1. The third-order valence-corrected chi connectivity index (χ3v) is 7.62. The topological polar surface area (TPSA) is 59.8 Å². The van der Waals surface area contributed by atoms with Crippen LogP contribution in [0.2, 0.25) is 0 Å². The summed E-state index contributed by atoms with van der Waals surface area (Å²) in [7, 11) is 0. The lowest BCUT2D eigenvalue weighted by Crippen LogP contribution is -2.15. The van der Waals surface area contributed by atoms with Crippen LogP contribution in [0.15, 0.2) is 41.8 Å². The fourth-order valence-electron chi connectivity index (χ4n) is 3.14. The average Bonchev–Trinajstić information content (AvgIpc) is 3.33. The van der Waals surface area contributed by atoms with Crippen molar-refractivity contribution in [3.63, 3.8) is 0 Å². The van der Waals surface area contributed by atoms with Gasteiger partial charge in [-0.3, -0.25) is 4.79 Å². The van der Waals surface area contributed by atoms with Gasteiger partial charge in [0.2, 0.25) is 11.0 Å². The highest BCUT2D eigenvalue weighted by Crippen LogP contribution is 2.45. The smallest absolute Gasteiger partial charge is 0.235 e. The fourth-order valence-corrected chi connectivity index (χ4v) is 6.23. The number of para-hydroxylation sites is 1. The van der Waals surface area contributed by atoms with Gasteiger partial charge in [-0.2, -0.15) is 9.78 Å². The SMILES string of the molecule is Cc1nn(-c2nc3ccccc3s2)c2c1C(c1cccs1)SCC(=O)N2. The molecule has 1 amide bonds. The number of nitrogens with one attached hydrogen (secondary N) is 1. The summed E-state index contributed by atoms with van der Waals surface area (Å²) in [6.07, 6.45) is 0. The number of amides is 1. The minimum absolute atomic E-state index is 0.00225. The number of anilines is 1. The number of aryl methyl sites for hydroxylation is 1. The Bertz CT molecular complexity index is 1080. The summed E-state index contributed by atoms with van der Waals surface area (Å²) in [6.45, 7) is 2.00. The molecule has 0 bridgehead atoms. The van der Waals surface area contributed by atoms with Gasteiger partial charge in [-0.1, -0.05) is 29.5 Å². The van der Waals surface area contributed by atoms with Gasteiger partial charge in [-0.25, -0.2) is 4.98 Å². The second-order valence-corrected chi connectivity index (χ2v) is 9.06. The molecule has 1 atom stereocenters. The molecule has 0 aliphatic carbocycles. The molecule has 5 nitrogen and oxygen atoms in total. The highest BCUT2D eigenvalue weighted by molar-refractivity contribution is 8.00. The number of carbonyl (C=O) groups is 1. The third kappa shape index (κ3) is 2.56. The van der Waals surface area contributed by atoms with Crippen molar-refractivity contribution in [2.24, 2.45) is 0 Å². The summed E-state index contributed by atoms with van der Waals surface area (Å²) in [5.74, 6) is 1.17. The number of rotatable bonds is 2. The van der Waals surface area contributed by atoms with Crippen molar-refractivity contribution in [2.75, 3.05) is 11.1 Å². The molecule has 0 saturated heterocycles. The molecule has 3 aromatic heterocycles. The molecular formula is C18H14N4OS3. The Labute approximate surface area is 162 Å². The van der Waals surface area contributed by atoms with Crippen LogP contribution in [0.1, 0.15) is 21.4 Å². The number of aromatic nitrogens is 3. The van der Waals surface area contributed by atoms with Crippen LogP contribution in [0.5, 0.6) is 0 Å². The maximum Gasteiger partial charge on any atom is 0.235 e. The standard InChI is InChI=1S/C18H14N4OS3/c1-10-15-16(13-7-4-8-24-13)25-9-14(23)20-17(15)22(21-10)18-19-11-5-2-3-6-12(11)26-18/h2-8,16H,9H2,1H3,(H,20,23). The van der Waals surface area contributed by atoms with Crippen LogP contribution in [-0.4, -0.2) is 26.4 Å². The number of carbonyl (C=O) groups excluding carboxylic acids is 1. The number of hydrogen-bond acceptors (Lipinski definition) is 6. The lowest BCUT2D eigenvalue weighted by Gasteiger charge is -2.12.